The number of hydrogen-bond acceptors (Lipinski definition) is 9. The SMILES string of the molecule is COc1nc2c3c(c(Cl)c(-c4ccc(F)c5sc(N)c(C#N)c45)c(F)c3n1)OCCN2c1ccncc1. The molecular weight excluding hydrogens is 522 g/mol. The fourth-order valence-corrected chi connectivity index (χ4v) is 5.81. The van der Waals surface area contributed by atoms with Gasteiger partial charge in [0.1, 0.15) is 29.0 Å². The van der Waals surface area contributed by atoms with Gasteiger partial charge < -0.3 is 20.1 Å². The summed E-state index contributed by atoms with van der Waals surface area (Å²) in [4.78, 5) is 14.7. The molecule has 0 spiro atoms. The molecule has 0 saturated carbocycles. The third kappa shape index (κ3) is 3.41. The van der Waals surface area contributed by atoms with E-state index >= 15 is 4.39 Å². The molecule has 1 aliphatic rings. The van der Waals surface area contributed by atoms with Crippen LogP contribution in [-0.4, -0.2) is 35.2 Å². The molecule has 0 bridgehead atoms. The maximum Gasteiger partial charge on any atom is 0.318 e. The van der Waals surface area contributed by atoms with Crippen molar-refractivity contribution >= 4 is 60.4 Å². The van der Waals surface area contributed by atoms with Crippen LogP contribution in [0.5, 0.6) is 11.8 Å². The number of methoxy groups -OCH3 is 1. The molecule has 0 aliphatic carbocycles. The topological polar surface area (TPSA) is 110 Å². The number of aromatic nitrogens is 3. The van der Waals surface area contributed by atoms with Crippen molar-refractivity contribution in [2.45, 2.75) is 0 Å². The highest BCUT2D eigenvalue weighted by atomic mass is 35.5. The predicted octanol–water partition coefficient (Wildman–Crippen LogP) is 5.83. The second-order valence-corrected chi connectivity index (χ2v) is 9.48. The standard InChI is InChI=1S/C25H15ClF2N6O2S/c1-35-25-32-20-17-21(36-9-8-34(24(17)33-25)11-4-6-31-7-5-11)18(26)16(19(20)28)12-2-3-14(27)22-15(12)13(10-29)23(30)37-22/h2-7H,8-9,30H2,1H3. The van der Waals surface area contributed by atoms with E-state index in [2.05, 4.69) is 15.0 Å². The third-order valence-corrected chi connectivity index (χ3v) is 7.50. The predicted molar refractivity (Wildman–Crippen MR) is 138 cm³/mol. The van der Waals surface area contributed by atoms with Gasteiger partial charge in [-0.3, -0.25) is 4.98 Å². The molecule has 0 radical (unpaired) electrons. The highest BCUT2D eigenvalue weighted by molar-refractivity contribution is 7.23. The van der Waals surface area contributed by atoms with Crippen LogP contribution in [0.3, 0.4) is 0 Å². The summed E-state index contributed by atoms with van der Waals surface area (Å²) in [5, 5.41) is 10.2. The fraction of sp³-hybridized carbons (Fsp3) is 0.120. The Morgan fingerprint density at radius 2 is 1.97 bits per heavy atom. The largest absolute Gasteiger partial charge is 0.489 e. The number of anilines is 3. The second-order valence-electron chi connectivity index (χ2n) is 8.05. The highest BCUT2D eigenvalue weighted by Gasteiger charge is 2.32. The second kappa shape index (κ2) is 8.69. The van der Waals surface area contributed by atoms with E-state index in [9.17, 15) is 9.65 Å². The lowest BCUT2D eigenvalue weighted by Crippen LogP contribution is -2.22. The van der Waals surface area contributed by atoms with E-state index in [4.69, 9.17) is 26.8 Å². The Bertz CT molecular complexity index is 1770. The van der Waals surface area contributed by atoms with Gasteiger partial charge in [-0.1, -0.05) is 17.7 Å². The van der Waals surface area contributed by atoms with Crippen molar-refractivity contribution in [2.75, 3.05) is 30.9 Å². The number of nitriles is 1. The van der Waals surface area contributed by atoms with Gasteiger partial charge in [0.2, 0.25) is 0 Å². The van der Waals surface area contributed by atoms with Crippen molar-refractivity contribution < 1.29 is 18.3 Å². The maximum absolute atomic E-state index is 16.5. The zero-order valence-corrected chi connectivity index (χ0v) is 20.6. The molecule has 6 rings (SSSR count). The van der Waals surface area contributed by atoms with Crippen molar-refractivity contribution in [3.8, 4) is 29.0 Å². The lowest BCUT2D eigenvalue weighted by atomic mass is 9.96. The van der Waals surface area contributed by atoms with Crippen molar-refractivity contribution in [2.24, 2.45) is 0 Å². The van der Waals surface area contributed by atoms with E-state index in [1.165, 1.54) is 19.2 Å². The number of fused-ring (bicyclic) bond motifs is 1. The number of nitrogens with zero attached hydrogens (tertiary/aromatic N) is 5. The number of halogens is 3. The van der Waals surface area contributed by atoms with Crippen LogP contribution in [0.2, 0.25) is 5.02 Å². The number of benzene rings is 2. The van der Waals surface area contributed by atoms with Crippen molar-refractivity contribution in [3.63, 3.8) is 0 Å². The van der Waals surface area contributed by atoms with Crippen LogP contribution >= 0.6 is 22.9 Å². The zero-order chi connectivity index (χ0) is 25.8. The average molecular weight is 537 g/mol. The summed E-state index contributed by atoms with van der Waals surface area (Å²) in [6.45, 7) is 0.552. The molecule has 5 aromatic rings. The molecule has 184 valence electrons. The number of rotatable bonds is 3. The summed E-state index contributed by atoms with van der Waals surface area (Å²) in [5.41, 5.74) is 6.79. The van der Waals surface area contributed by atoms with Crippen LogP contribution in [0.4, 0.5) is 25.3 Å². The minimum atomic E-state index is -0.799. The summed E-state index contributed by atoms with van der Waals surface area (Å²) in [5.74, 6) is -0.869. The first-order valence-corrected chi connectivity index (χ1v) is 12.1. The maximum atomic E-state index is 16.5. The van der Waals surface area contributed by atoms with Crippen LogP contribution in [-0.2, 0) is 0 Å². The molecule has 2 aromatic carbocycles. The summed E-state index contributed by atoms with van der Waals surface area (Å²) in [7, 11) is 1.38. The Morgan fingerprint density at radius 3 is 2.70 bits per heavy atom. The van der Waals surface area contributed by atoms with Crippen molar-refractivity contribution in [1.29, 1.82) is 5.26 Å². The molecule has 0 saturated heterocycles. The van der Waals surface area contributed by atoms with Gasteiger partial charge in [0.05, 0.1) is 34.3 Å². The number of thiophene rings is 1. The first-order valence-electron chi connectivity index (χ1n) is 10.9. The fourth-order valence-electron chi connectivity index (χ4n) is 4.52. The molecule has 0 atom stereocenters. The highest BCUT2D eigenvalue weighted by Crippen LogP contribution is 2.51. The summed E-state index contributed by atoms with van der Waals surface area (Å²) < 4.78 is 42.6. The van der Waals surface area contributed by atoms with Gasteiger partial charge in [0.15, 0.2) is 17.4 Å². The number of nitrogens with two attached hydrogens (primary N) is 1. The van der Waals surface area contributed by atoms with E-state index in [1.807, 2.05) is 11.0 Å². The monoisotopic (exact) mass is 536 g/mol. The van der Waals surface area contributed by atoms with Crippen LogP contribution in [0, 0.1) is 23.0 Å². The van der Waals surface area contributed by atoms with Gasteiger partial charge in [-0.15, -0.1) is 11.3 Å². The van der Waals surface area contributed by atoms with Gasteiger partial charge in [-0.2, -0.15) is 15.2 Å². The lowest BCUT2D eigenvalue weighted by molar-refractivity contribution is 0.335. The quantitative estimate of drug-likeness (QED) is 0.306. The average Bonchev–Trinajstić information content (AvgIpc) is 3.13. The van der Waals surface area contributed by atoms with Crippen LogP contribution in [0.15, 0.2) is 36.7 Å². The minimum absolute atomic E-state index is 0.0432. The van der Waals surface area contributed by atoms with Gasteiger partial charge >= 0.3 is 6.01 Å². The Balaban J connectivity index is 1.74. The summed E-state index contributed by atoms with van der Waals surface area (Å²) in [6.07, 6.45) is 3.26. The first-order chi connectivity index (χ1) is 17.9. The van der Waals surface area contributed by atoms with Gasteiger partial charge in [0.25, 0.3) is 0 Å². The zero-order valence-electron chi connectivity index (χ0n) is 19.1. The van der Waals surface area contributed by atoms with Crippen molar-refractivity contribution in [1.82, 2.24) is 15.0 Å². The van der Waals surface area contributed by atoms with Crippen molar-refractivity contribution in [3.05, 3.63) is 58.9 Å². The van der Waals surface area contributed by atoms with Gasteiger partial charge in [-0.25, -0.2) is 8.78 Å². The van der Waals surface area contributed by atoms with E-state index in [1.54, 1.807) is 24.5 Å². The van der Waals surface area contributed by atoms with Gasteiger partial charge in [0, 0.05) is 29.0 Å². The molecular formula is C25H15ClF2N6O2S. The number of ether oxygens (including phenoxy) is 2. The normalized spacial score (nSPS) is 12.9. The number of nitrogen functional groups attached to an aromatic ring is 1. The Labute approximate surface area is 217 Å². The first kappa shape index (κ1) is 23.1. The molecule has 2 N–H and O–H groups in total. The molecule has 0 amide bonds. The van der Waals surface area contributed by atoms with Crippen LogP contribution in [0.25, 0.3) is 32.1 Å². The molecule has 0 fully saturated rings. The Hall–Kier alpha value is -4.27. The number of pyridine rings is 1. The Morgan fingerprint density at radius 1 is 1.19 bits per heavy atom. The lowest BCUT2D eigenvalue weighted by Gasteiger charge is -2.23. The molecule has 0 unspecified atom stereocenters. The molecule has 12 heteroatoms. The Kier molecular flexibility index (Phi) is 5.43. The molecule has 8 nitrogen and oxygen atoms in total. The van der Waals surface area contributed by atoms with Crippen LogP contribution in [0.1, 0.15) is 5.56 Å². The van der Waals surface area contributed by atoms with Crippen LogP contribution < -0.4 is 20.1 Å². The smallest absolute Gasteiger partial charge is 0.318 e. The molecule has 37 heavy (non-hydrogen) atoms. The molecule has 1 aliphatic heterocycles. The summed E-state index contributed by atoms with van der Waals surface area (Å²) >= 11 is 7.74. The number of hydrogen-bond donors (Lipinski definition) is 1. The minimum Gasteiger partial charge on any atom is -0.489 e. The van der Waals surface area contributed by atoms with E-state index < -0.39 is 11.6 Å². The van der Waals surface area contributed by atoms with E-state index in [0.717, 1.165) is 17.0 Å². The molecule has 4 heterocycles. The third-order valence-electron chi connectivity index (χ3n) is 6.12. The summed E-state index contributed by atoms with van der Waals surface area (Å²) in [6, 6.07) is 8.06. The van der Waals surface area contributed by atoms with Gasteiger partial charge in [-0.05, 0) is 23.8 Å². The van der Waals surface area contributed by atoms with E-state index in [0.29, 0.717) is 12.4 Å². The van der Waals surface area contributed by atoms with E-state index in [-0.39, 0.29) is 66.1 Å². The molecule has 3 aromatic heterocycles.